The van der Waals surface area contributed by atoms with Gasteiger partial charge in [-0.1, -0.05) is 18.1 Å². The maximum atomic E-state index is 12.9. The number of aromatic nitrogens is 2. The van der Waals surface area contributed by atoms with Crippen LogP contribution in [0, 0.1) is 0 Å². The van der Waals surface area contributed by atoms with Gasteiger partial charge in [-0.25, -0.2) is 0 Å². The summed E-state index contributed by atoms with van der Waals surface area (Å²) in [4.78, 5) is 19.2. The Morgan fingerprint density at radius 1 is 1.35 bits per heavy atom. The van der Waals surface area contributed by atoms with Gasteiger partial charge in [-0.2, -0.15) is 4.98 Å². The van der Waals surface area contributed by atoms with Gasteiger partial charge in [0, 0.05) is 18.5 Å². The molecule has 1 fully saturated rings. The molecule has 0 radical (unpaired) electrons. The Bertz CT molecular complexity index is 740. The summed E-state index contributed by atoms with van der Waals surface area (Å²) in [6, 6.07) is 5.74. The van der Waals surface area contributed by atoms with Crippen molar-refractivity contribution >= 4 is 5.91 Å². The smallest absolute Gasteiger partial charge is 0.254 e. The second-order valence-electron chi connectivity index (χ2n) is 6.03. The molecule has 0 unspecified atom stereocenters. The number of fused-ring (bicyclic) bond motifs is 1. The second-order valence-corrected chi connectivity index (χ2v) is 6.03. The first-order valence-electron chi connectivity index (χ1n) is 8.09. The number of carbonyl (C=O) groups is 1. The monoisotopic (exact) mass is 313 g/mol. The number of rotatable bonds is 3. The molecule has 6 heteroatoms. The van der Waals surface area contributed by atoms with Crippen molar-refractivity contribution in [3.63, 3.8) is 0 Å². The van der Waals surface area contributed by atoms with E-state index in [1.54, 1.807) is 0 Å². The van der Waals surface area contributed by atoms with E-state index in [2.05, 4.69) is 10.1 Å². The average molecular weight is 313 g/mol. The minimum Gasteiger partial charge on any atom is -0.372 e. The summed E-state index contributed by atoms with van der Waals surface area (Å²) in [7, 11) is 0. The number of nitrogens with zero attached hydrogens (tertiary/aromatic N) is 3. The lowest BCUT2D eigenvalue weighted by atomic mass is 10.1. The molecule has 1 aromatic heterocycles. The number of hydrogen-bond acceptors (Lipinski definition) is 5. The Morgan fingerprint density at radius 2 is 2.22 bits per heavy atom. The van der Waals surface area contributed by atoms with Crippen molar-refractivity contribution < 1.29 is 14.1 Å². The summed E-state index contributed by atoms with van der Waals surface area (Å²) in [6.45, 7) is 3.93. The van der Waals surface area contributed by atoms with Crippen molar-refractivity contribution in [2.24, 2.45) is 0 Å². The third kappa shape index (κ3) is 2.53. The van der Waals surface area contributed by atoms with Gasteiger partial charge in [-0.05, 0) is 36.1 Å². The summed E-state index contributed by atoms with van der Waals surface area (Å²) < 4.78 is 10.6. The molecule has 2 aromatic rings. The van der Waals surface area contributed by atoms with Crippen molar-refractivity contribution in [1.29, 1.82) is 0 Å². The molecule has 2 aliphatic heterocycles. The molecule has 0 spiro atoms. The van der Waals surface area contributed by atoms with Gasteiger partial charge in [0.1, 0.15) is 0 Å². The number of likely N-dealkylation sites (tertiary alicyclic amines) is 1. The highest BCUT2D eigenvalue weighted by molar-refractivity contribution is 5.95. The number of aryl methyl sites for hydroxylation is 1. The van der Waals surface area contributed by atoms with E-state index in [1.165, 1.54) is 5.56 Å². The van der Waals surface area contributed by atoms with Crippen LogP contribution < -0.4 is 0 Å². The van der Waals surface area contributed by atoms with E-state index < -0.39 is 0 Å². The van der Waals surface area contributed by atoms with E-state index in [4.69, 9.17) is 9.26 Å². The minimum atomic E-state index is -0.0870. The zero-order valence-corrected chi connectivity index (χ0v) is 13.1. The highest BCUT2D eigenvalue weighted by Gasteiger charge is 2.34. The van der Waals surface area contributed by atoms with Crippen LogP contribution in [0.3, 0.4) is 0 Å². The topological polar surface area (TPSA) is 68.5 Å². The predicted molar refractivity (Wildman–Crippen MR) is 81.6 cm³/mol. The minimum absolute atomic E-state index is 0.0325. The molecule has 1 saturated heterocycles. The molecule has 23 heavy (non-hydrogen) atoms. The van der Waals surface area contributed by atoms with Crippen LogP contribution in [0.5, 0.6) is 0 Å². The molecule has 4 rings (SSSR count). The third-order valence-electron chi connectivity index (χ3n) is 4.57. The molecule has 1 atom stereocenters. The average Bonchev–Trinajstić information content (AvgIpc) is 3.31. The maximum absolute atomic E-state index is 12.9. The lowest BCUT2D eigenvalue weighted by molar-refractivity contribution is 0.0728. The lowest BCUT2D eigenvalue weighted by Crippen LogP contribution is -2.31. The van der Waals surface area contributed by atoms with Crippen LogP contribution in [-0.2, 0) is 24.4 Å². The van der Waals surface area contributed by atoms with Gasteiger partial charge in [-0.3, -0.25) is 4.79 Å². The Balaban J connectivity index is 1.59. The SMILES string of the molecule is CCc1nc([C@H]2CCCN2C(=O)c2ccc3c(c2)COC3)no1. The third-order valence-corrected chi connectivity index (χ3v) is 4.57. The van der Waals surface area contributed by atoms with E-state index in [0.29, 0.717) is 36.9 Å². The Kier molecular flexibility index (Phi) is 3.61. The fourth-order valence-corrected chi connectivity index (χ4v) is 3.30. The molecule has 3 heterocycles. The molecule has 0 aliphatic carbocycles. The number of hydrogen-bond donors (Lipinski definition) is 0. The Labute approximate surface area is 134 Å². The quantitative estimate of drug-likeness (QED) is 0.871. The van der Waals surface area contributed by atoms with E-state index in [9.17, 15) is 4.79 Å². The first-order chi connectivity index (χ1) is 11.3. The summed E-state index contributed by atoms with van der Waals surface area (Å²) in [5.41, 5.74) is 2.99. The predicted octanol–water partition coefficient (Wildman–Crippen LogP) is 2.64. The van der Waals surface area contributed by atoms with Crippen LogP contribution in [0.25, 0.3) is 0 Å². The fourth-order valence-electron chi connectivity index (χ4n) is 3.30. The van der Waals surface area contributed by atoms with E-state index in [0.717, 1.165) is 24.9 Å². The molecule has 2 aliphatic rings. The summed E-state index contributed by atoms with van der Waals surface area (Å²) in [5, 5.41) is 4.05. The molecular formula is C17H19N3O3. The maximum Gasteiger partial charge on any atom is 0.254 e. The van der Waals surface area contributed by atoms with Gasteiger partial charge in [0.05, 0.1) is 19.3 Å². The van der Waals surface area contributed by atoms with Crippen LogP contribution in [0.4, 0.5) is 0 Å². The molecule has 0 bridgehead atoms. The van der Waals surface area contributed by atoms with Gasteiger partial charge >= 0.3 is 0 Å². The molecule has 1 aromatic carbocycles. The van der Waals surface area contributed by atoms with Crippen molar-refractivity contribution in [1.82, 2.24) is 15.0 Å². The number of ether oxygens (including phenoxy) is 1. The van der Waals surface area contributed by atoms with Crippen LogP contribution >= 0.6 is 0 Å². The number of carbonyl (C=O) groups excluding carboxylic acids is 1. The first-order valence-corrected chi connectivity index (χ1v) is 8.09. The Morgan fingerprint density at radius 3 is 3.04 bits per heavy atom. The van der Waals surface area contributed by atoms with Crippen LogP contribution in [-0.4, -0.2) is 27.5 Å². The van der Waals surface area contributed by atoms with Gasteiger partial charge in [0.15, 0.2) is 5.82 Å². The standard InChI is InChI=1S/C17H19N3O3/c1-2-15-18-16(19-23-15)14-4-3-7-20(14)17(21)11-5-6-12-9-22-10-13(12)8-11/h5-6,8,14H,2-4,7,9-10H2,1H3/t14-/m1/s1. The molecular weight excluding hydrogens is 294 g/mol. The molecule has 0 N–H and O–H groups in total. The fraction of sp³-hybridized carbons (Fsp3) is 0.471. The van der Waals surface area contributed by atoms with Crippen LogP contribution in [0.2, 0.25) is 0 Å². The highest BCUT2D eigenvalue weighted by atomic mass is 16.5. The number of amides is 1. The zero-order valence-electron chi connectivity index (χ0n) is 13.1. The highest BCUT2D eigenvalue weighted by Crippen LogP contribution is 2.32. The lowest BCUT2D eigenvalue weighted by Gasteiger charge is -2.22. The van der Waals surface area contributed by atoms with Crippen LogP contribution in [0.1, 0.15) is 59.0 Å². The van der Waals surface area contributed by atoms with Crippen molar-refractivity contribution in [3.05, 3.63) is 46.6 Å². The van der Waals surface area contributed by atoms with E-state index in [1.807, 2.05) is 30.0 Å². The second kappa shape index (κ2) is 5.77. The van der Waals surface area contributed by atoms with Crippen molar-refractivity contribution in [3.8, 4) is 0 Å². The van der Waals surface area contributed by atoms with Gasteiger partial charge in [0.2, 0.25) is 5.89 Å². The largest absolute Gasteiger partial charge is 0.372 e. The zero-order chi connectivity index (χ0) is 15.8. The molecule has 0 saturated carbocycles. The van der Waals surface area contributed by atoms with Crippen LogP contribution in [0.15, 0.2) is 22.7 Å². The first kappa shape index (κ1) is 14.4. The molecule has 6 nitrogen and oxygen atoms in total. The van der Waals surface area contributed by atoms with E-state index in [-0.39, 0.29) is 11.9 Å². The van der Waals surface area contributed by atoms with E-state index >= 15 is 0 Å². The van der Waals surface area contributed by atoms with Crippen molar-refractivity contribution in [2.45, 2.75) is 45.4 Å². The Hall–Kier alpha value is -2.21. The molecule has 120 valence electrons. The van der Waals surface area contributed by atoms with Gasteiger partial charge in [0.25, 0.3) is 5.91 Å². The number of benzene rings is 1. The van der Waals surface area contributed by atoms with Gasteiger partial charge in [-0.15, -0.1) is 0 Å². The molecule has 1 amide bonds. The van der Waals surface area contributed by atoms with Gasteiger partial charge < -0.3 is 14.2 Å². The summed E-state index contributed by atoms with van der Waals surface area (Å²) >= 11 is 0. The summed E-state index contributed by atoms with van der Waals surface area (Å²) in [6.07, 6.45) is 2.54. The normalized spacial score (nSPS) is 20.0. The summed E-state index contributed by atoms with van der Waals surface area (Å²) in [5.74, 6) is 1.27. The van der Waals surface area contributed by atoms with Crippen molar-refractivity contribution in [2.75, 3.05) is 6.54 Å².